The van der Waals surface area contributed by atoms with Crippen LogP contribution in [0.25, 0.3) is 0 Å². The Hall–Kier alpha value is -1.08. The molecule has 4 nitrogen and oxygen atoms in total. The minimum Gasteiger partial charge on any atom is -0.393 e. The number of anilines is 1. The number of nitrogens with one attached hydrogen (secondary N) is 1. The molecule has 0 aromatic carbocycles. The molecule has 1 aromatic heterocycles. The topological polar surface area (TPSA) is 58.0 Å². The summed E-state index contributed by atoms with van der Waals surface area (Å²) in [5.74, 6) is 0.298. The smallest absolute Gasteiger partial charge is 0.393 e. The Morgan fingerprint density at radius 2 is 2.06 bits per heavy atom. The summed E-state index contributed by atoms with van der Waals surface area (Å²) < 4.78 is 37.4. The molecule has 2 N–H and O–H groups in total. The number of hydrogen-bond donors (Lipinski definition) is 2. The van der Waals surface area contributed by atoms with Crippen molar-refractivity contribution >= 4 is 17.4 Å². The van der Waals surface area contributed by atoms with Gasteiger partial charge >= 0.3 is 6.18 Å². The zero-order valence-corrected chi connectivity index (χ0v) is 9.96. The van der Waals surface area contributed by atoms with Gasteiger partial charge in [-0.3, -0.25) is 0 Å². The van der Waals surface area contributed by atoms with Gasteiger partial charge in [0, 0.05) is 12.6 Å². The molecule has 0 atom stereocenters. The predicted octanol–water partition coefficient (Wildman–Crippen LogP) is 2.33. The third kappa shape index (κ3) is 3.23. The lowest BCUT2D eigenvalue weighted by molar-refractivity contribution is -0.141. The van der Waals surface area contributed by atoms with Gasteiger partial charge in [-0.2, -0.15) is 13.2 Å². The molecule has 0 saturated heterocycles. The molecule has 18 heavy (non-hydrogen) atoms. The molecule has 1 aliphatic rings. The third-order valence-corrected chi connectivity index (χ3v) is 2.94. The van der Waals surface area contributed by atoms with Crippen molar-refractivity contribution < 1.29 is 18.3 Å². The normalized spacial score (nSPS) is 23.6. The highest BCUT2D eigenvalue weighted by Crippen LogP contribution is 2.30. The highest BCUT2D eigenvalue weighted by atomic mass is 35.5. The molecule has 1 fully saturated rings. The average molecular weight is 282 g/mol. The molecule has 0 aliphatic heterocycles. The Labute approximate surface area is 106 Å². The number of hydrogen-bond acceptors (Lipinski definition) is 4. The number of aliphatic hydroxyl groups is 1. The second kappa shape index (κ2) is 4.89. The first-order valence-corrected chi connectivity index (χ1v) is 5.76. The Balaban J connectivity index is 2.02. The number of aromatic nitrogens is 2. The van der Waals surface area contributed by atoms with Crippen LogP contribution in [0.3, 0.4) is 0 Å². The van der Waals surface area contributed by atoms with E-state index in [0.717, 1.165) is 6.07 Å². The van der Waals surface area contributed by atoms with Gasteiger partial charge in [-0.15, -0.1) is 0 Å². The van der Waals surface area contributed by atoms with Crippen LogP contribution in [0.2, 0.25) is 5.28 Å². The number of rotatable bonds is 3. The molecule has 0 bridgehead atoms. The number of halogens is 4. The lowest BCUT2D eigenvalue weighted by atomic mass is 9.82. The zero-order valence-electron chi connectivity index (χ0n) is 9.21. The second-order valence-corrected chi connectivity index (χ2v) is 4.62. The first-order chi connectivity index (χ1) is 8.34. The van der Waals surface area contributed by atoms with Crippen molar-refractivity contribution in [2.45, 2.75) is 25.1 Å². The molecule has 0 amide bonds. The maximum atomic E-state index is 12.5. The van der Waals surface area contributed by atoms with Crippen LogP contribution in [0, 0.1) is 5.92 Å². The van der Waals surface area contributed by atoms with E-state index in [-0.39, 0.29) is 17.8 Å². The summed E-state index contributed by atoms with van der Waals surface area (Å²) in [6, 6.07) is 0.820. The maximum absolute atomic E-state index is 12.5. The summed E-state index contributed by atoms with van der Waals surface area (Å²) in [5.41, 5.74) is -1.07. The monoisotopic (exact) mass is 281 g/mol. The van der Waals surface area contributed by atoms with E-state index < -0.39 is 17.2 Å². The van der Waals surface area contributed by atoms with Crippen molar-refractivity contribution in [2.24, 2.45) is 5.92 Å². The van der Waals surface area contributed by atoms with Gasteiger partial charge in [0.2, 0.25) is 5.28 Å². The molecule has 0 unspecified atom stereocenters. The van der Waals surface area contributed by atoms with Crippen molar-refractivity contribution in [1.29, 1.82) is 0 Å². The highest BCUT2D eigenvalue weighted by molar-refractivity contribution is 6.28. The van der Waals surface area contributed by atoms with Crippen LogP contribution in [-0.4, -0.2) is 27.7 Å². The minimum absolute atomic E-state index is 0.0451. The van der Waals surface area contributed by atoms with Gasteiger partial charge in [-0.25, -0.2) is 9.97 Å². The van der Waals surface area contributed by atoms with E-state index in [1.54, 1.807) is 0 Å². The van der Waals surface area contributed by atoms with Crippen molar-refractivity contribution in [2.75, 3.05) is 11.9 Å². The number of alkyl halides is 3. The second-order valence-electron chi connectivity index (χ2n) is 4.28. The molecule has 1 aromatic rings. The van der Waals surface area contributed by atoms with Gasteiger partial charge < -0.3 is 10.4 Å². The quantitative estimate of drug-likeness (QED) is 0.835. The summed E-state index contributed by atoms with van der Waals surface area (Å²) in [5, 5.41) is 11.4. The van der Waals surface area contributed by atoms with Crippen LogP contribution in [0.15, 0.2) is 6.07 Å². The van der Waals surface area contributed by atoms with Crippen molar-refractivity contribution in [3.63, 3.8) is 0 Å². The Bertz CT molecular complexity index is 435. The predicted molar refractivity (Wildman–Crippen MR) is 59.3 cm³/mol. The molecule has 0 radical (unpaired) electrons. The van der Waals surface area contributed by atoms with Crippen molar-refractivity contribution in [3.8, 4) is 0 Å². The fraction of sp³-hybridized carbons (Fsp3) is 0.600. The van der Waals surface area contributed by atoms with Gasteiger partial charge in [0.1, 0.15) is 5.82 Å². The van der Waals surface area contributed by atoms with Gasteiger partial charge in [-0.1, -0.05) is 0 Å². The largest absolute Gasteiger partial charge is 0.433 e. The van der Waals surface area contributed by atoms with Crippen LogP contribution in [-0.2, 0) is 6.18 Å². The van der Waals surface area contributed by atoms with Gasteiger partial charge in [0.05, 0.1) is 6.10 Å². The van der Waals surface area contributed by atoms with E-state index >= 15 is 0 Å². The van der Waals surface area contributed by atoms with E-state index in [9.17, 15) is 13.2 Å². The molecule has 8 heteroatoms. The Morgan fingerprint density at radius 3 is 2.61 bits per heavy atom. The van der Waals surface area contributed by atoms with Crippen LogP contribution in [0.1, 0.15) is 18.5 Å². The van der Waals surface area contributed by atoms with E-state index in [4.69, 9.17) is 16.7 Å². The molecule has 0 spiro atoms. The summed E-state index contributed by atoms with van der Waals surface area (Å²) in [7, 11) is 0. The molecule has 100 valence electrons. The van der Waals surface area contributed by atoms with Crippen molar-refractivity contribution in [3.05, 3.63) is 17.0 Å². The highest BCUT2D eigenvalue weighted by Gasteiger charge is 2.34. The molecule has 2 rings (SSSR count). The van der Waals surface area contributed by atoms with Crippen LogP contribution >= 0.6 is 11.6 Å². The van der Waals surface area contributed by atoms with E-state index in [0.29, 0.717) is 19.4 Å². The molecular formula is C10H11ClF3N3O. The first-order valence-electron chi connectivity index (χ1n) is 5.38. The lowest BCUT2D eigenvalue weighted by Gasteiger charge is -2.31. The summed E-state index contributed by atoms with van der Waals surface area (Å²) >= 11 is 5.44. The molecule has 1 aliphatic carbocycles. The number of aliphatic hydroxyl groups excluding tert-OH is 1. The SMILES string of the molecule is OC1CC(CNc2cc(C(F)(F)F)nc(Cl)n2)C1. The molecular weight excluding hydrogens is 271 g/mol. The van der Waals surface area contributed by atoms with Gasteiger partial charge in [0.25, 0.3) is 0 Å². The standard InChI is InChI=1S/C10H11ClF3N3O/c11-9-16-7(10(12,13)14)3-8(17-9)15-4-5-1-6(18)2-5/h3,5-6,18H,1-2,4H2,(H,15,16,17). The minimum atomic E-state index is -4.55. The summed E-state index contributed by atoms with van der Waals surface area (Å²) in [6.07, 6.45) is -3.54. The van der Waals surface area contributed by atoms with Crippen LogP contribution < -0.4 is 5.32 Å². The lowest BCUT2D eigenvalue weighted by Crippen LogP contribution is -2.33. The molecule has 1 heterocycles. The maximum Gasteiger partial charge on any atom is 0.433 e. The number of nitrogens with zero attached hydrogens (tertiary/aromatic N) is 2. The summed E-state index contributed by atoms with van der Waals surface area (Å²) in [6.45, 7) is 0.460. The first kappa shape index (κ1) is 13.4. The van der Waals surface area contributed by atoms with E-state index in [1.165, 1.54) is 0 Å². The van der Waals surface area contributed by atoms with E-state index in [1.807, 2.05) is 0 Å². The van der Waals surface area contributed by atoms with Gasteiger partial charge in [-0.05, 0) is 30.4 Å². The fourth-order valence-corrected chi connectivity index (χ4v) is 1.95. The zero-order chi connectivity index (χ0) is 13.3. The Kier molecular flexibility index (Phi) is 3.63. The summed E-state index contributed by atoms with van der Waals surface area (Å²) in [4.78, 5) is 6.81. The fourth-order valence-electron chi connectivity index (χ4n) is 1.77. The van der Waals surface area contributed by atoms with Gasteiger partial charge in [0.15, 0.2) is 5.69 Å². The van der Waals surface area contributed by atoms with Crippen molar-refractivity contribution in [1.82, 2.24) is 9.97 Å². The average Bonchev–Trinajstić information content (AvgIpc) is 2.21. The third-order valence-electron chi connectivity index (χ3n) is 2.77. The van der Waals surface area contributed by atoms with Crippen LogP contribution in [0.5, 0.6) is 0 Å². The van der Waals surface area contributed by atoms with E-state index in [2.05, 4.69) is 15.3 Å². The Morgan fingerprint density at radius 1 is 1.39 bits per heavy atom. The molecule has 1 saturated carbocycles. The van der Waals surface area contributed by atoms with Crippen LogP contribution in [0.4, 0.5) is 19.0 Å².